The molecule has 1 amide bonds. The van der Waals surface area contributed by atoms with Crippen molar-refractivity contribution in [1.29, 1.82) is 0 Å². The second kappa shape index (κ2) is 7.52. The van der Waals surface area contributed by atoms with Crippen molar-refractivity contribution in [2.24, 2.45) is 0 Å². The molecular weight excluding hydrogens is 244 g/mol. The molecule has 0 aromatic heterocycles. The van der Waals surface area contributed by atoms with Crippen molar-refractivity contribution in [3.05, 3.63) is 0 Å². The maximum atomic E-state index is 11.5. The Morgan fingerprint density at radius 3 is 3.00 bits per heavy atom. The molecule has 0 bridgehead atoms. The molecule has 2 unspecified atom stereocenters. The second-order valence-electron chi connectivity index (χ2n) is 3.77. The zero-order valence-electron chi connectivity index (χ0n) is 9.77. The fourth-order valence-corrected chi connectivity index (χ4v) is 2.43. The predicted molar refractivity (Wildman–Crippen MR) is 64.8 cm³/mol. The van der Waals surface area contributed by atoms with Crippen LogP contribution in [0.5, 0.6) is 0 Å². The van der Waals surface area contributed by atoms with Crippen LogP contribution in [-0.2, 0) is 14.3 Å². The van der Waals surface area contributed by atoms with Crippen molar-refractivity contribution >= 4 is 23.6 Å². The first kappa shape index (κ1) is 14.3. The molecule has 0 aromatic carbocycles. The van der Waals surface area contributed by atoms with Crippen LogP contribution in [0.3, 0.4) is 0 Å². The third kappa shape index (κ3) is 5.38. The highest BCUT2D eigenvalue weighted by atomic mass is 32.2. The van der Waals surface area contributed by atoms with Gasteiger partial charge in [0, 0.05) is 30.5 Å². The van der Waals surface area contributed by atoms with E-state index in [4.69, 9.17) is 0 Å². The number of thioether (sulfide) groups is 1. The van der Waals surface area contributed by atoms with Crippen LogP contribution in [0.15, 0.2) is 0 Å². The normalized spacial score (nSPS) is 21.6. The van der Waals surface area contributed by atoms with Gasteiger partial charge >= 0.3 is 5.97 Å². The summed E-state index contributed by atoms with van der Waals surface area (Å²) in [5.41, 5.74) is 0. The molecular formula is C10H18N2O4S. The van der Waals surface area contributed by atoms with Crippen LogP contribution in [0, 0.1) is 0 Å². The lowest BCUT2D eigenvalue weighted by atomic mass is 10.2. The molecule has 0 aromatic rings. The standard InChI is InChI=1S/C10H18N2O4S/c1-16-10(15)8(13)5-12-9(14)4-7-6-17-3-2-11-7/h7-8,11,13H,2-6H2,1H3,(H,12,14). The summed E-state index contributed by atoms with van der Waals surface area (Å²) >= 11 is 1.81. The van der Waals surface area contributed by atoms with E-state index in [1.54, 1.807) is 0 Å². The van der Waals surface area contributed by atoms with Gasteiger partial charge in [-0.3, -0.25) is 4.79 Å². The van der Waals surface area contributed by atoms with Gasteiger partial charge in [0.05, 0.1) is 13.7 Å². The Morgan fingerprint density at radius 1 is 1.65 bits per heavy atom. The van der Waals surface area contributed by atoms with Gasteiger partial charge in [-0.15, -0.1) is 0 Å². The van der Waals surface area contributed by atoms with Crippen molar-refractivity contribution in [1.82, 2.24) is 10.6 Å². The van der Waals surface area contributed by atoms with Crippen LogP contribution < -0.4 is 10.6 Å². The minimum absolute atomic E-state index is 0.106. The van der Waals surface area contributed by atoms with Gasteiger partial charge in [-0.1, -0.05) is 0 Å². The van der Waals surface area contributed by atoms with Crippen LogP contribution in [-0.4, -0.2) is 60.8 Å². The number of aliphatic hydroxyl groups is 1. The van der Waals surface area contributed by atoms with Crippen molar-refractivity contribution in [2.75, 3.05) is 31.7 Å². The number of aliphatic hydroxyl groups excluding tert-OH is 1. The molecule has 1 aliphatic rings. The van der Waals surface area contributed by atoms with Crippen LogP contribution in [0.2, 0.25) is 0 Å². The van der Waals surface area contributed by atoms with E-state index in [0.717, 1.165) is 18.1 Å². The Morgan fingerprint density at radius 2 is 2.41 bits per heavy atom. The SMILES string of the molecule is COC(=O)C(O)CNC(=O)CC1CSCCN1. The largest absolute Gasteiger partial charge is 0.467 e. The Hall–Kier alpha value is -0.790. The number of ether oxygens (including phenoxy) is 1. The number of carbonyl (C=O) groups is 2. The van der Waals surface area contributed by atoms with Gasteiger partial charge in [0.1, 0.15) is 0 Å². The lowest BCUT2D eigenvalue weighted by Crippen LogP contribution is -2.43. The Bertz CT molecular complexity index is 269. The number of esters is 1. The fourth-order valence-electron chi connectivity index (χ4n) is 1.48. The average Bonchev–Trinajstić information content (AvgIpc) is 2.36. The number of hydrogen-bond acceptors (Lipinski definition) is 6. The summed E-state index contributed by atoms with van der Waals surface area (Å²) in [7, 11) is 1.19. The highest BCUT2D eigenvalue weighted by Gasteiger charge is 2.19. The lowest BCUT2D eigenvalue weighted by Gasteiger charge is -2.22. The Balaban J connectivity index is 2.18. The Labute approximate surface area is 104 Å². The van der Waals surface area contributed by atoms with E-state index in [2.05, 4.69) is 15.4 Å². The first-order chi connectivity index (χ1) is 8.13. The second-order valence-corrected chi connectivity index (χ2v) is 4.92. The van der Waals surface area contributed by atoms with E-state index in [1.165, 1.54) is 7.11 Å². The zero-order chi connectivity index (χ0) is 12.7. The first-order valence-corrected chi connectivity index (χ1v) is 6.62. The summed E-state index contributed by atoms with van der Waals surface area (Å²) in [6.07, 6.45) is -0.932. The molecule has 1 fully saturated rings. The smallest absolute Gasteiger partial charge is 0.336 e. The topological polar surface area (TPSA) is 87.7 Å². The van der Waals surface area contributed by atoms with Gasteiger partial charge in [0.15, 0.2) is 6.10 Å². The number of carbonyl (C=O) groups excluding carboxylic acids is 2. The van der Waals surface area contributed by atoms with Crippen molar-refractivity contribution in [3.8, 4) is 0 Å². The number of nitrogens with one attached hydrogen (secondary N) is 2. The molecule has 1 heterocycles. The summed E-state index contributed by atoms with van der Waals surface area (Å²) in [5.74, 6) is 1.07. The molecule has 1 rings (SSSR count). The molecule has 3 N–H and O–H groups in total. The maximum Gasteiger partial charge on any atom is 0.336 e. The zero-order valence-corrected chi connectivity index (χ0v) is 10.6. The predicted octanol–water partition coefficient (Wildman–Crippen LogP) is -1.27. The van der Waals surface area contributed by atoms with Gasteiger partial charge in [0.2, 0.25) is 5.91 Å². The van der Waals surface area contributed by atoms with E-state index in [-0.39, 0.29) is 18.5 Å². The van der Waals surface area contributed by atoms with Gasteiger partial charge in [-0.25, -0.2) is 4.79 Å². The van der Waals surface area contributed by atoms with Crippen LogP contribution >= 0.6 is 11.8 Å². The van der Waals surface area contributed by atoms with Crippen LogP contribution in [0.1, 0.15) is 6.42 Å². The van der Waals surface area contributed by atoms with Crippen molar-refractivity contribution < 1.29 is 19.4 Å². The quantitative estimate of drug-likeness (QED) is 0.536. The molecule has 0 saturated carbocycles. The van der Waals surface area contributed by atoms with Gasteiger partial charge < -0.3 is 20.5 Å². The minimum Gasteiger partial charge on any atom is -0.467 e. The summed E-state index contributed by atoms with van der Waals surface area (Å²) in [4.78, 5) is 22.4. The lowest BCUT2D eigenvalue weighted by molar-refractivity contribution is -0.150. The number of hydrogen-bond donors (Lipinski definition) is 3. The van der Waals surface area contributed by atoms with Crippen molar-refractivity contribution in [2.45, 2.75) is 18.6 Å². The maximum absolute atomic E-state index is 11.5. The third-order valence-corrected chi connectivity index (χ3v) is 3.53. The molecule has 17 heavy (non-hydrogen) atoms. The molecule has 0 aliphatic carbocycles. The molecule has 0 radical (unpaired) electrons. The third-order valence-electron chi connectivity index (χ3n) is 2.40. The molecule has 98 valence electrons. The number of methoxy groups -OCH3 is 1. The molecule has 1 aliphatic heterocycles. The fraction of sp³-hybridized carbons (Fsp3) is 0.800. The Kier molecular flexibility index (Phi) is 6.31. The molecule has 0 spiro atoms. The van der Waals surface area contributed by atoms with Gasteiger partial charge in [0.25, 0.3) is 0 Å². The van der Waals surface area contributed by atoms with Crippen LogP contribution in [0.4, 0.5) is 0 Å². The van der Waals surface area contributed by atoms with E-state index >= 15 is 0 Å². The molecule has 7 heteroatoms. The van der Waals surface area contributed by atoms with Crippen molar-refractivity contribution in [3.63, 3.8) is 0 Å². The highest BCUT2D eigenvalue weighted by molar-refractivity contribution is 7.99. The molecule has 1 saturated heterocycles. The van der Waals surface area contributed by atoms with E-state index in [1.807, 2.05) is 11.8 Å². The summed E-state index contributed by atoms with van der Waals surface area (Å²) < 4.78 is 4.34. The van der Waals surface area contributed by atoms with Crippen LogP contribution in [0.25, 0.3) is 0 Å². The number of rotatable bonds is 5. The molecule has 2 atom stereocenters. The summed E-state index contributed by atoms with van der Waals surface area (Å²) in [5, 5.41) is 15.0. The average molecular weight is 262 g/mol. The van der Waals surface area contributed by atoms with E-state index in [9.17, 15) is 14.7 Å². The summed E-state index contributed by atoms with van der Waals surface area (Å²) in [6, 6.07) is 0.170. The highest BCUT2D eigenvalue weighted by Crippen LogP contribution is 2.09. The van der Waals surface area contributed by atoms with Gasteiger partial charge in [-0.05, 0) is 0 Å². The summed E-state index contributed by atoms with van der Waals surface area (Å²) in [6.45, 7) is 0.804. The van der Waals surface area contributed by atoms with Gasteiger partial charge in [-0.2, -0.15) is 11.8 Å². The van der Waals surface area contributed by atoms with E-state index < -0.39 is 12.1 Å². The first-order valence-electron chi connectivity index (χ1n) is 5.47. The monoisotopic (exact) mass is 262 g/mol. The number of amides is 1. The minimum atomic E-state index is -1.29. The van der Waals surface area contributed by atoms with E-state index in [0.29, 0.717) is 6.42 Å². The molecule has 6 nitrogen and oxygen atoms in total.